The number of hydrogen-bond donors (Lipinski definition) is 1. The lowest BCUT2D eigenvalue weighted by molar-refractivity contribution is 0.217. The van der Waals surface area contributed by atoms with E-state index in [1.54, 1.807) is 12.3 Å². The van der Waals surface area contributed by atoms with Crippen LogP contribution >= 0.6 is 0 Å². The second-order valence-corrected chi connectivity index (χ2v) is 8.27. The Bertz CT molecular complexity index is 1240. The van der Waals surface area contributed by atoms with E-state index in [9.17, 15) is 5.11 Å². The minimum Gasteiger partial charge on any atom is -0.504 e. The summed E-state index contributed by atoms with van der Waals surface area (Å²) in [6.07, 6.45) is 1.77. The summed E-state index contributed by atoms with van der Waals surface area (Å²) in [5.74, 6) is 0.757. The molecular formula is C28H26N2O2. The number of phenolic OH excluding ortho intramolecular Hbond substituents is 1. The molecule has 160 valence electrons. The normalized spacial score (nSPS) is 13.8. The standard InChI is InChI=1S/C28H26N2O2/c1-20-7-2-3-10-25(20)22-9-6-8-21(15-22)18-30-13-14-32-28-24(19-30)16-23(17-27(28)31)26-11-4-5-12-29-26/h2-12,15-17,31H,13-14,18-19H2,1H3. The van der Waals surface area contributed by atoms with Crippen LogP contribution in [-0.2, 0) is 13.1 Å². The van der Waals surface area contributed by atoms with Gasteiger partial charge in [0.1, 0.15) is 6.61 Å². The molecule has 3 aromatic carbocycles. The fourth-order valence-corrected chi connectivity index (χ4v) is 4.36. The number of aromatic nitrogens is 1. The summed E-state index contributed by atoms with van der Waals surface area (Å²) in [5, 5.41) is 10.6. The largest absolute Gasteiger partial charge is 0.504 e. The number of hydrogen-bond acceptors (Lipinski definition) is 4. The summed E-state index contributed by atoms with van der Waals surface area (Å²) in [6, 6.07) is 26.9. The summed E-state index contributed by atoms with van der Waals surface area (Å²) in [5.41, 5.74) is 7.77. The van der Waals surface area contributed by atoms with Gasteiger partial charge in [0.25, 0.3) is 0 Å². The fourth-order valence-electron chi connectivity index (χ4n) is 4.36. The SMILES string of the molecule is Cc1ccccc1-c1cccc(CN2CCOc3c(O)cc(-c4ccccn4)cc3C2)c1. The van der Waals surface area contributed by atoms with E-state index in [1.165, 1.54) is 22.3 Å². The minimum absolute atomic E-state index is 0.173. The lowest BCUT2D eigenvalue weighted by Crippen LogP contribution is -2.25. The molecular weight excluding hydrogens is 396 g/mol. The summed E-state index contributed by atoms with van der Waals surface area (Å²) in [4.78, 5) is 6.79. The number of aryl methyl sites for hydroxylation is 1. The Hall–Kier alpha value is -3.63. The maximum Gasteiger partial charge on any atom is 0.165 e. The van der Waals surface area contributed by atoms with Crippen molar-refractivity contribution in [1.82, 2.24) is 9.88 Å². The number of ether oxygens (including phenoxy) is 1. The van der Waals surface area contributed by atoms with Crippen LogP contribution in [0, 0.1) is 6.92 Å². The smallest absolute Gasteiger partial charge is 0.165 e. The summed E-state index contributed by atoms with van der Waals surface area (Å²) in [6.45, 7) is 5.01. The van der Waals surface area contributed by atoms with Crippen molar-refractivity contribution in [1.29, 1.82) is 0 Å². The predicted molar refractivity (Wildman–Crippen MR) is 128 cm³/mol. The van der Waals surface area contributed by atoms with E-state index in [0.717, 1.165) is 29.9 Å². The van der Waals surface area contributed by atoms with Crippen molar-refractivity contribution in [3.63, 3.8) is 0 Å². The first-order valence-electron chi connectivity index (χ1n) is 10.9. The van der Waals surface area contributed by atoms with Crippen LogP contribution in [0.1, 0.15) is 16.7 Å². The summed E-state index contributed by atoms with van der Waals surface area (Å²) >= 11 is 0. The highest BCUT2D eigenvalue weighted by molar-refractivity contribution is 5.68. The third kappa shape index (κ3) is 4.23. The molecule has 0 saturated heterocycles. The number of fused-ring (bicyclic) bond motifs is 1. The quantitative estimate of drug-likeness (QED) is 0.450. The van der Waals surface area contributed by atoms with Gasteiger partial charge in [-0.25, -0.2) is 0 Å². The van der Waals surface area contributed by atoms with E-state index < -0.39 is 0 Å². The van der Waals surface area contributed by atoms with Gasteiger partial charge in [0.05, 0.1) is 5.69 Å². The Balaban J connectivity index is 1.41. The number of rotatable bonds is 4. The molecule has 4 aromatic rings. The Kier molecular flexibility index (Phi) is 5.61. The molecule has 4 nitrogen and oxygen atoms in total. The van der Waals surface area contributed by atoms with Gasteiger partial charge < -0.3 is 9.84 Å². The van der Waals surface area contributed by atoms with Gasteiger partial charge in [-0.3, -0.25) is 9.88 Å². The van der Waals surface area contributed by atoms with Gasteiger partial charge in [0.2, 0.25) is 0 Å². The predicted octanol–water partition coefficient (Wildman–Crippen LogP) is 5.82. The minimum atomic E-state index is 0.173. The summed E-state index contributed by atoms with van der Waals surface area (Å²) in [7, 11) is 0. The molecule has 4 heteroatoms. The molecule has 0 atom stereocenters. The van der Waals surface area contributed by atoms with Gasteiger partial charge in [0.15, 0.2) is 11.5 Å². The van der Waals surface area contributed by atoms with Crippen LogP contribution in [0.15, 0.2) is 85.1 Å². The van der Waals surface area contributed by atoms with E-state index in [-0.39, 0.29) is 5.75 Å². The third-order valence-corrected chi connectivity index (χ3v) is 5.94. The van der Waals surface area contributed by atoms with Crippen molar-refractivity contribution in [2.75, 3.05) is 13.2 Å². The molecule has 1 aliphatic heterocycles. The van der Waals surface area contributed by atoms with Gasteiger partial charge in [-0.2, -0.15) is 0 Å². The van der Waals surface area contributed by atoms with Crippen LogP contribution in [0.2, 0.25) is 0 Å². The molecule has 0 spiro atoms. The average Bonchev–Trinajstić information content (AvgIpc) is 3.02. The second-order valence-electron chi connectivity index (χ2n) is 8.27. The van der Waals surface area contributed by atoms with Crippen LogP contribution in [0.5, 0.6) is 11.5 Å². The Morgan fingerprint density at radius 1 is 0.938 bits per heavy atom. The molecule has 0 radical (unpaired) electrons. The highest BCUT2D eigenvalue weighted by atomic mass is 16.5. The molecule has 0 aliphatic carbocycles. The summed E-state index contributed by atoms with van der Waals surface area (Å²) < 4.78 is 5.93. The van der Waals surface area contributed by atoms with Crippen molar-refractivity contribution in [2.24, 2.45) is 0 Å². The van der Waals surface area contributed by atoms with E-state index in [1.807, 2.05) is 18.2 Å². The molecule has 0 bridgehead atoms. The van der Waals surface area contributed by atoms with E-state index >= 15 is 0 Å². The molecule has 0 amide bonds. The van der Waals surface area contributed by atoms with Crippen LogP contribution in [0.25, 0.3) is 22.4 Å². The molecule has 0 unspecified atom stereocenters. The van der Waals surface area contributed by atoms with Crippen molar-refractivity contribution in [2.45, 2.75) is 20.0 Å². The van der Waals surface area contributed by atoms with E-state index in [4.69, 9.17) is 4.74 Å². The van der Waals surface area contributed by atoms with E-state index in [0.29, 0.717) is 18.9 Å². The van der Waals surface area contributed by atoms with Crippen molar-refractivity contribution >= 4 is 0 Å². The van der Waals surface area contributed by atoms with Gasteiger partial charge >= 0.3 is 0 Å². The molecule has 2 heterocycles. The van der Waals surface area contributed by atoms with Crippen LogP contribution in [0.3, 0.4) is 0 Å². The van der Waals surface area contributed by atoms with Gasteiger partial charge in [0, 0.05) is 37.0 Å². The topological polar surface area (TPSA) is 45.6 Å². The first kappa shape index (κ1) is 20.3. The van der Waals surface area contributed by atoms with Crippen LogP contribution in [0.4, 0.5) is 0 Å². The maximum absolute atomic E-state index is 10.6. The van der Waals surface area contributed by atoms with Crippen molar-refractivity contribution in [3.8, 4) is 33.9 Å². The second kappa shape index (κ2) is 8.85. The lowest BCUT2D eigenvalue weighted by atomic mass is 9.99. The first-order valence-corrected chi connectivity index (χ1v) is 10.9. The van der Waals surface area contributed by atoms with Crippen LogP contribution in [-0.4, -0.2) is 28.1 Å². The van der Waals surface area contributed by atoms with Crippen molar-refractivity contribution < 1.29 is 9.84 Å². The number of nitrogens with zero attached hydrogens (tertiary/aromatic N) is 2. The third-order valence-electron chi connectivity index (χ3n) is 5.94. The van der Waals surface area contributed by atoms with E-state index in [2.05, 4.69) is 71.4 Å². The Morgan fingerprint density at radius 2 is 1.81 bits per heavy atom. The van der Waals surface area contributed by atoms with Gasteiger partial charge in [-0.15, -0.1) is 0 Å². The van der Waals surface area contributed by atoms with Crippen LogP contribution < -0.4 is 4.74 Å². The molecule has 0 saturated carbocycles. The number of aromatic hydroxyl groups is 1. The highest BCUT2D eigenvalue weighted by Gasteiger charge is 2.20. The zero-order valence-corrected chi connectivity index (χ0v) is 18.2. The first-order chi connectivity index (χ1) is 15.7. The molecule has 1 N–H and O–H groups in total. The van der Waals surface area contributed by atoms with Gasteiger partial charge in [-0.1, -0.05) is 48.5 Å². The number of benzene rings is 3. The maximum atomic E-state index is 10.6. The average molecular weight is 423 g/mol. The monoisotopic (exact) mass is 422 g/mol. The molecule has 32 heavy (non-hydrogen) atoms. The Morgan fingerprint density at radius 3 is 2.66 bits per heavy atom. The molecule has 5 rings (SSSR count). The molecule has 1 aromatic heterocycles. The molecule has 1 aliphatic rings. The van der Waals surface area contributed by atoms with Gasteiger partial charge in [-0.05, 0) is 59.5 Å². The fraction of sp³-hybridized carbons (Fsp3) is 0.179. The highest BCUT2D eigenvalue weighted by Crippen LogP contribution is 2.37. The zero-order valence-electron chi connectivity index (χ0n) is 18.2. The lowest BCUT2D eigenvalue weighted by Gasteiger charge is -2.20. The number of phenols is 1. The van der Waals surface area contributed by atoms with Crippen molar-refractivity contribution in [3.05, 3.63) is 102 Å². The molecule has 0 fully saturated rings. The number of pyridine rings is 1. The zero-order chi connectivity index (χ0) is 21.9. The Labute approximate surface area is 188 Å².